The normalized spacial score (nSPS) is 28.2. The molecule has 1 rings (SSSR count). The van der Waals surface area contributed by atoms with E-state index in [1.54, 1.807) is 0 Å². The van der Waals surface area contributed by atoms with E-state index in [9.17, 15) is 0 Å². The highest BCUT2D eigenvalue weighted by Gasteiger charge is 2.40. The number of likely N-dealkylation sites (N-methyl/N-ethyl adjacent to an activating group) is 1. The molecule has 2 heteroatoms. The second kappa shape index (κ2) is 9.57. The third-order valence-corrected chi connectivity index (χ3v) is 5.01. The van der Waals surface area contributed by atoms with Crippen molar-refractivity contribution >= 4 is 0 Å². The van der Waals surface area contributed by atoms with Crippen molar-refractivity contribution in [2.75, 3.05) is 13.7 Å². The van der Waals surface area contributed by atoms with Crippen LogP contribution in [0.3, 0.4) is 0 Å². The van der Waals surface area contributed by atoms with Gasteiger partial charge in [0.25, 0.3) is 0 Å². The molecule has 0 aromatic rings. The number of unbranched alkanes of at least 4 members (excludes halogenated alkanes) is 3. The Morgan fingerprint density at radius 3 is 2.55 bits per heavy atom. The van der Waals surface area contributed by atoms with Gasteiger partial charge in [-0.1, -0.05) is 32.8 Å². The van der Waals surface area contributed by atoms with Gasteiger partial charge in [0.2, 0.25) is 0 Å². The highest BCUT2D eigenvalue weighted by molar-refractivity contribution is 4.96. The Morgan fingerprint density at radius 1 is 1.30 bits per heavy atom. The smallest absolute Gasteiger partial charge is 0.0831 e. The van der Waals surface area contributed by atoms with Crippen molar-refractivity contribution in [3.63, 3.8) is 0 Å². The third-order valence-electron chi connectivity index (χ3n) is 5.01. The fraction of sp³-hybridized carbons (Fsp3) is 0.889. The van der Waals surface area contributed by atoms with E-state index >= 15 is 0 Å². The van der Waals surface area contributed by atoms with Crippen LogP contribution < -0.4 is 5.32 Å². The van der Waals surface area contributed by atoms with E-state index in [2.05, 4.69) is 25.7 Å². The van der Waals surface area contributed by atoms with Crippen molar-refractivity contribution in [2.24, 2.45) is 5.92 Å². The van der Waals surface area contributed by atoms with E-state index in [0.29, 0.717) is 6.04 Å². The minimum Gasteiger partial charge on any atom is -0.377 e. The molecule has 1 N–H and O–H groups in total. The van der Waals surface area contributed by atoms with Gasteiger partial charge in [-0.05, 0) is 57.4 Å². The van der Waals surface area contributed by atoms with Crippen molar-refractivity contribution in [3.8, 4) is 0 Å². The van der Waals surface area contributed by atoms with Crippen LogP contribution >= 0.6 is 0 Å². The molecule has 1 aliphatic rings. The second-order valence-corrected chi connectivity index (χ2v) is 6.49. The first-order valence-corrected chi connectivity index (χ1v) is 8.58. The van der Waals surface area contributed by atoms with Gasteiger partial charge in [-0.3, -0.25) is 0 Å². The molecule has 118 valence electrons. The number of methoxy groups -OCH3 is 1. The first kappa shape index (κ1) is 17.7. The van der Waals surface area contributed by atoms with Crippen LogP contribution in [0.2, 0.25) is 0 Å². The molecule has 0 bridgehead atoms. The maximum atomic E-state index is 6.04. The summed E-state index contributed by atoms with van der Waals surface area (Å²) in [7, 11) is 1.91. The largest absolute Gasteiger partial charge is 0.377 e. The second-order valence-electron chi connectivity index (χ2n) is 6.49. The first-order valence-electron chi connectivity index (χ1n) is 8.58. The number of nitrogens with one attached hydrogen (secondary N) is 1. The van der Waals surface area contributed by atoms with Crippen molar-refractivity contribution in [2.45, 2.75) is 83.3 Å². The highest BCUT2D eigenvalue weighted by Crippen LogP contribution is 2.38. The molecule has 0 amide bonds. The lowest BCUT2D eigenvalue weighted by atomic mass is 9.74. The predicted molar refractivity (Wildman–Crippen MR) is 88.1 cm³/mol. The van der Waals surface area contributed by atoms with Gasteiger partial charge in [0.15, 0.2) is 0 Å². The Bertz CT molecular complexity index is 256. The minimum atomic E-state index is 0.0843. The molecule has 0 aromatic heterocycles. The third kappa shape index (κ3) is 5.21. The number of allylic oxidation sites excluding steroid dienone is 1. The van der Waals surface area contributed by atoms with Crippen molar-refractivity contribution in [3.05, 3.63) is 12.7 Å². The van der Waals surface area contributed by atoms with Crippen LogP contribution in [0.25, 0.3) is 0 Å². The van der Waals surface area contributed by atoms with Gasteiger partial charge in [0, 0.05) is 13.2 Å². The van der Waals surface area contributed by atoms with Crippen LogP contribution in [0.5, 0.6) is 0 Å². The summed E-state index contributed by atoms with van der Waals surface area (Å²) in [4.78, 5) is 0. The SMILES string of the molecule is C=CCCCCCC(NCC)C1(OC)CCC(C)CC1. The topological polar surface area (TPSA) is 21.3 Å². The number of hydrogen-bond acceptors (Lipinski definition) is 2. The predicted octanol–water partition coefficient (Wildman–Crippen LogP) is 4.70. The molecular weight excluding hydrogens is 246 g/mol. The molecule has 0 aliphatic heterocycles. The van der Waals surface area contributed by atoms with Crippen molar-refractivity contribution in [1.82, 2.24) is 5.32 Å². The summed E-state index contributed by atoms with van der Waals surface area (Å²) in [5.74, 6) is 0.869. The average Bonchev–Trinajstić information content (AvgIpc) is 2.47. The van der Waals surface area contributed by atoms with Crippen LogP contribution in [-0.4, -0.2) is 25.3 Å². The van der Waals surface area contributed by atoms with Gasteiger partial charge in [0.05, 0.1) is 5.60 Å². The Kier molecular flexibility index (Phi) is 8.47. The molecule has 2 nitrogen and oxygen atoms in total. The summed E-state index contributed by atoms with van der Waals surface area (Å²) in [5.41, 5.74) is 0.0843. The van der Waals surface area contributed by atoms with Crippen LogP contribution in [0.15, 0.2) is 12.7 Å². The lowest BCUT2D eigenvalue weighted by Crippen LogP contribution is -2.53. The molecule has 0 heterocycles. The molecule has 1 fully saturated rings. The molecule has 0 radical (unpaired) electrons. The lowest BCUT2D eigenvalue weighted by Gasteiger charge is -2.44. The summed E-state index contributed by atoms with van der Waals surface area (Å²) < 4.78 is 6.04. The van der Waals surface area contributed by atoms with Gasteiger partial charge in [-0.2, -0.15) is 0 Å². The molecule has 0 saturated heterocycles. The quantitative estimate of drug-likeness (QED) is 0.463. The summed E-state index contributed by atoms with van der Waals surface area (Å²) in [6, 6.07) is 0.522. The molecular formula is C18H35NO. The molecule has 20 heavy (non-hydrogen) atoms. The fourth-order valence-corrected chi connectivity index (χ4v) is 3.56. The van der Waals surface area contributed by atoms with Crippen LogP contribution in [-0.2, 0) is 4.74 Å². The number of ether oxygens (including phenoxy) is 1. The lowest BCUT2D eigenvalue weighted by molar-refractivity contribution is -0.0765. The maximum Gasteiger partial charge on any atom is 0.0831 e. The summed E-state index contributed by atoms with van der Waals surface area (Å²) in [5, 5.41) is 3.70. The molecule has 0 aromatic carbocycles. The van der Waals surface area contributed by atoms with E-state index in [1.807, 2.05) is 13.2 Å². The van der Waals surface area contributed by atoms with E-state index < -0.39 is 0 Å². The molecule has 1 atom stereocenters. The fourth-order valence-electron chi connectivity index (χ4n) is 3.56. The molecule has 1 saturated carbocycles. The highest BCUT2D eigenvalue weighted by atomic mass is 16.5. The maximum absolute atomic E-state index is 6.04. The average molecular weight is 281 g/mol. The first-order chi connectivity index (χ1) is 9.68. The minimum absolute atomic E-state index is 0.0843. The van der Waals surface area contributed by atoms with Gasteiger partial charge in [0.1, 0.15) is 0 Å². The van der Waals surface area contributed by atoms with Gasteiger partial charge >= 0.3 is 0 Å². The van der Waals surface area contributed by atoms with E-state index in [1.165, 1.54) is 51.4 Å². The molecule has 0 spiro atoms. The standard InChI is InChI=1S/C18H35NO/c1-5-7-8-9-10-11-17(19-6-2)18(20-4)14-12-16(3)13-15-18/h5,16-17,19H,1,6-15H2,2-4H3. The summed E-state index contributed by atoms with van der Waals surface area (Å²) in [6.07, 6.45) is 13.4. The van der Waals surface area contributed by atoms with E-state index in [-0.39, 0.29) is 5.60 Å². The Hall–Kier alpha value is -0.340. The Morgan fingerprint density at radius 2 is 2.00 bits per heavy atom. The Balaban J connectivity index is 2.50. The molecule has 1 unspecified atom stereocenters. The van der Waals surface area contributed by atoms with Crippen molar-refractivity contribution < 1.29 is 4.74 Å². The summed E-state index contributed by atoms with van der Waals surface area (Å²) in [6.45, 7) is 9.42. The van der Waals surface area contributed by atoms with Gasteiger partial charge in [-0.15, -0.1) is 6.58 Å². The van der Waals surface area contributed by atoms with E-state index in [0.717, 1.165) is 18.9 Å². The molecule has 1 aliphatic carbocycles. The zero-order valence-corrected chi connectivity index (χ0v) is 13.9. The van der Waals surface area contributed by atoms with E-state index in [4.69, 9.17) is 4.74 Å². The van der Waals surface area contributed by atoms with Crippen LogP contribution in [0.4, 0.5) is 0 Å². The van der Waals surface area contributed by atoms with Gasteiger partial charge in [-0.25, -0.2) is 0 Å². The van der Waals surface area contributed by atoms with Gasteiger partial charge < -0.3 is 10.1 Å². The number of hydrogen-bond donors (Lipinski definition) is 1. The number of rotatable bonds is 10. The van der Waals surface area contributed by atoms with Crippen molar-refractivity contribution in [1.29, 1.82) is 0 Å². The Labute approximate surface area is 126 Å². The monoisotopic (exact) mass is 281 g/mol. The van der Waals surface area contributed by atoms with Crippen LogP contribution in [0.1, 0.15) is 71.6 Å². The summed E-state index contributed by atoms with van der Waals surface area (Å²) >= 11 is 0. The zero-order valence-electron chi connectivity index (χ0n) is 13.9. The van der Waals surface area contributed by atoms with Crippen LogP contribution in [0, 0.1) is 5.92 Å². The zero-order chi connectivity index (χ0) is 14.8.